The highest BCUT2D eigenvalue weighted by atomic mass is 16.5. The van der Waals surface area contributed by atoms with E-state index in [2.05, 4.69) is 10.4 Å². The van der Waals surface area contributed by atoms with Crippen LogP contribution in [-0.4, -0.2) is 34.9 Å². The minimum absolute atomic E-state index is 0.176. The van der Waals surface area contributed by atoms with Crippen LogP contribution in [0.3, 0.4) is 0 Å². The summed E-state index contributed by atoms with van der Waals surface area (Å²) in [5.41, 5.74) is 2.94. The minimum Gasteiger partial charge on any atom is -0.483 e. The molecule has 29 heavy (non-hydrogen) atoms. The van der Waals surface area contributed by atoms with E-state index in [0.29, 0.717) is 11.4 Å². The molecule has 0 radical (unpaired) electrons. The Kier molecular flexibility index (Phi) is 6.29. The lowest BCUT2D eigenvalue weighted by molar-refractivity contribution is -0.118. The van der Waals surface area contributed by atoms with E-state index in [1.54, 1.807) is 6.92 Å². The SMILES string of the molecule is CCOC(=O)c1cnn(-c2ccccc2)c1NC(=O)COc1ccc(C)cc1C. The van der Waals surface area contributed by atoms with Crippen LogP contribution < -0.4 is 10.1 Å². The van der Waals surface area contributed by atoms with Gasteiger partial charge >= 0.3 is 5.97 Å². The van der Waals surface area contributed by atoms with Crippen molar-refractivity contribution in [1.82, 2.24) is 9.78 Å². The molecule has 7 heteroatoms. The zero-order valence-corrected chi connectivity index (χ0v) is 16.6. The van der Waals surface area contributed by atoms with Crippen LogP contribution in [-0.2, 0) is 9.53 Å². The van der Waals surface area contributed by atoms with Crippen molar-refractivity contribution < 1.29 is 19.1 Å². The average molecular weight is 393 g/mol. The summed E-state index contributed by atoms with van der Waals surface area (Å²) in [5.74, 6) is -0.0923. The van der Waals surface area contributed by atoms with E-state index in [-0.39, 0.29) is 24.6 Å². The summed E-state index contributed by atoms with van der Waals surface area (Å²) >= 11 is 0. The summed E-state index contributed by atoms with van der Waals surface area (Å²) in [6, 6.07) is 14.9. The first-order valence-electron chi connectivity index (χ1n) is 9.30. The molecule has 0 bridgehead atoms. The van der Waals surface area contributed by atoms with Crippen LogP contribution in [0.5, 0.6) is 5.75 Å². The Hall–Kier alpha value is -3.61. The summed E-state index contributed by atoms with van der Waals surface area (Å²) in [7, 11) is 0. The highest BCUT2D eigenvalue weighted by Gasteiger charge is 2.21. The maximum Gasteiger partial charge on any atom is 0.343 e. The first kappa shape index (κ1) is 20.1. The van der Waals surface area contributed by atoms with E-state index in [9.17, 15) is 9.59 Å². The predicted molar refractivity (Wildman–Crippen MR) is 110 cm³/mol. The van der Waals surface area contributed by atoms with Crippen molar-refractivity contribution in [2.24, 2.45) is 0 Å². The molecule has 3 aromatic rings. The fourth-order valence-corrected chi connectivity index (χ4v) is 2.86. The topological polar surface area (TPSA) is 82.5 Å². The Morgan fingerprint density at radius 2 is 1.86 bits per heavy atom. The summed E-state index contributed by atoms with van der Waals surface area (Å²) in [4.78, 5) is 24.8. The van der Waals surface area contributed by atoms with Gasteiger partial charge in [0.05, 0.1) is 18.5 Å². The molecular formula is C22H23N3O4. The molecule has 0 saturated heterocycles. The van der Waals surface area contributed by atoms with E-state index < -0.39 is 11.9 Å². The molecule has 150 valence electrons. The van der Waals surface area contributed by atoms with Gasteiger partial charge in [0, 0.05) is 0 Å². The first-order valence-corrected chi connectivity index (χ1v) is 9.30. The number of amides is 1. The number of aromatic nitrogens is 2. The van der Waals surface area contributed by atoms with E-state index in [0.717, 1.165) is 11.1 Å². The Morgan fingerprint density at radius 1 is 1.10 bits per heavy atom. The average Bonchev–Trinajstić information content (AvgIpc) is 3.11. The standard InChI is InChI=1S/C22H23N3O4/c1-4-28-22(27)18-13-23-25(17-8-6-5-7-9-17)21(18)24-20(26)14-29-19-11-10-15(2)12-16(19)3/h5-13H,4,14H2,1-3H3,(H,24,26). The van der Waals surface area contributed by atoms with Crippen molar-refractivity contribution in [3.05, 3.63) is 71.4 Å². The molecule has 0 aliphatic carbocycles. The smallest absolute Gasteiger partial charge is 0.343 e. The normalized spacial score (nSPS) is 10.4. The maximum atomic E-state index is 12.5. The lowest BCUT2D eigenvalue weighted by atomic mass is 10.1. The number of benzene rings is 2. The molecule has 0 spiro atoms. The number of nitrogens with zero attached hydrogens (tertiary/aromatic N) is 2. The monoisotopic (exact) mass is 393 g/mol. The van der Waals surface area contributed by atoms with Crippen molar-refractivity contribution in [3.63, 3.8) is 0 Å². The van der Waals surface area contributed by atoms with Crippen LogP contribution in [0.1, 0.15) is 28.4 Å². The van der Waals surface area contributed by atoms with Gasteiger partial charge in [0.2, 0.25) is 0 Å². The van der Waals surface area contributed by atoms with Gasteiger partial charge in [-0.1, -0.05) is 35.9 Å². The van der Waals surface area contributed by atoms with Crippen molar-refractivity contribution in [1.29, 1.82) is 0 Å². The van der Waals surface area contributed by atoms with Crippen molar-refractivity contribution in [2.45, 2.75) is 20.8 Å². The van der Waals surface area contributed by atoms with Gasteiger partial charge in [-0.3, -0.25) is 4.79 Å². The molecule has 0 saturated carbocycles. The van der Waals surface area contributed by atoms with Gasteiger partial charge in [-0.05, 0) is 44.5 Å². The number of carbonyl (C=O) groups excluding carboxylic acids is 2. The Balaban J connectivity index is 1.81. The summed E-state index contributed by atoms with van der Waals surface area (Å²) in [5, 5.41) is 6.98. The number of nitrogens with one attached hydrogen (secondary N) is 1. The van der Waals surface area contributed by atoms with Gasteiger partial charge in [0.1, 0.15) is 11.3 Å². The first-order chi connectivity index (χ1) is 14.0. The summed E-state index contributed by atoms with van der Waals surface area (Å²) in [6.07, 6.45) is 1.38. The zero-order valence-electron chi connectivity index (χ0n) is 16.6. The molecule has 0 aliphatic rings. The molecule has 0 unspecified atom stereocenters. The largest absolute Gasteiger partial charge is 0.483 e. The molecule has 1 heterocycles. The van der Waals surface area contributed by atoms with Gasteiger partial charge in [0.25, 0.3) is 5.91 Å². The van der Waals surface area contributed by atoms with E-state index in [1.807, 2.05) is 62.4 Å². The number of hydrogen-bond acceptors (Lipinski definition) is 5. The lowest BCUT2D eigenvalue weighted by Crippen LogP contribution is -2.23. The van der Waals surface area contributed by atoms with Crippen LogP contribution >= 0.6 is 0 Å². The molecule has 2 aromatic carbocycles. The summed E-state index contributed by atoms with van der Waals surface area (Å²) < 4.78 is 12.2. The number of para-hydroxylation sites is 1. The Labute approximate surface area is 169 Å². The van der Waals surface area contributed by atoms with Gasteiger partial charge in [-0.2, -0.15) is 5.10 Å². The second-order valence-corrected chi connectivity index (χ2v) is 6.48. The molecular weight excluding hydrogens is 370 g/mol. The second-order valence-electron chi connectivity index (χ2n) is 6.48. The van der Waals surface area contributed by atoms with Crippen LogP contribution in [0.15, 0.2) is 54.7 Å². The van der Waals surface area contributed by atoms with E-state index in [4.69, 9.17) is 9.47 Å². The maximum absolute atomic E-state index is 12.5. The van der Waals surface area contributed by atoms with E-state index >= 15 is 0 Å². The van der Waals surface area contributed by atoms with Gasteiger partial charge < -0.3 is 14.8 Å². The van der Waals surface area contributed by atoms with E-state index in [1.165, 1.54) is 10.9 Å². The third-order valence-corrected chi connectivity index (χ3v) is 4.21. The third-order valence-electron chi connectivity index (χ3n) is 4.21. The molecule has 3 rings (SSSR count). The van der Waals surface area contributed by atoms with Gasteiger partial charge in [-0.25, -0.2) is 9.48 Å². The van der Waals surface area contributed by atoms with Gasteiger partial charge in [0.15, 0.2) is 12.4 Å². The quantitative estimate of drug-likeness (QED) is 0.619. The van der Waals surface area contributed by atoms with Crippen LogP contribution in [0, 0.1) is 13.8 Å². The van der Waals surface area contributed by atoms with Crippen LogP contribution in [0.4, 0.5) is 5.82 Å². The fourth-order valence-electron chi connectivity index (χ4n) is 2.86. The number of carbonyl (C=O) groups is 2. The molecule has 0 atom stereocenters. The van der Waals surface area contributed by atoms with Crippen molar-refractivity contribution in [3.8, 4) is 11.4 Å². The molecule has 1 amide bonds. The number of aryl methyl sites for hydroxylation is 2. The molecule has 0 fully saturated rings. The molecule has 1 N–H and O–H groups in total. The number of anilines is 1. The second kappa shape index (κ2) is 9.05. The molecule has 0 aliphatic heterocycles. The highest BCUT2D eigenvalue weighted by molar-refractivity contribution is 6.00. The number of esters is 1. The lowest BCUT2D eigenvalue weighted by Gasteiger charge is -2.13. The summed E-state index contributed by atoms with van der Waals surface area (Å²) in [6.45, 7) is 5.65. The fraction of sp³-hybridized carbons (Fsp3) is 0.227. The van der Waals surface area contributed by atoms with Crippen molar-refractivity contribution >= 4 is 17.7 Å². The van der Waals surface area contributed by atoms with Gasteiger partial charge in [-0.15, -0.1) is 0 Å². The Bertz CT molecular complexity index is 1010. The Morgan fingerprint density at radius 3 is 2.55 bits per heavy atom. The molecule has 1 aromatic heterocycles. The zero-order chi connectivity index (χ0) is 20.8. The number of ether oxygens (including phenoxy) is 2. The van der Waals surface area contributed by atoms with Crippen LogP contribution in [0.25, 0.3) is 5.69 Å². The highest BCUT2D eigenvalue weighted by Crippen LogP contribution is 2.22. The van der Waals surface area contributed by atoms with Crippen molar-refractivity contribution in [2.75, 3.05) is 18.5 Å². The molecule has 7 nitrogen and oxygen atoms in total. The van der Waals surface area contributed by atoms with Crippen LogP contribution in [0.2, 0.25) is 0 Å². The minimum atomic E-state index is -0.555. The number of hydrogen-bond donors (Lipinski definition) is 1. The predicted octanol–water partition coefficient (Wildman–Crippen LogP) is 3.68. The third kappa shape index (κ3) is 4.82. The number of rotatable bonds is 7.